The van der Waals surface area contributed by atoms with E-state index in [9.17, 15) is 9.36 Å². The quantitative estimate of drug-likeness (QED) is 0.540. The van der Waals surface area contributed by atoms with Crippen molar-refractivity contribution >= 4 is 13.1 Å². The number of carbonyl (C=O) groups is 1. The molecular formula is C3H7O4P. The van der Waals surface area contributed by atoms with E-state index in [1.807, 2.05) is 0 Å². The van der Waals surface area contributed by atoms with Gasteiger partial charge in [0.1, 0.15) is 0 Å². The van der Waals surface area contributed by atoms with Crippen molar-refractivity contribution in [1.29, 1.82) is 0 Å². The normalized spacial score (nSPS) is 16.9. The summed E-state index contributed by atoms with van der Waals surface area (Å²) in [6.07, 6.45) is 0. The highest BCUT2D eigenvalue weighted by Crippen LogP contribution is 2.36. The second-order valence-corrected chi connectivity index (χ2v) is 3.47. The first-order valence-electron chi connectivity index (χ1n) is 1.87. The first-order chi connectivity index (χ1) is 3.48. The molecule has 1 unspecified atom stereocenters. The lowest BCUT2D eigenvalue weighted by atomic mass is 11.5. The van der Waals surface area contributed by atoms with E-state index >= 15 is 0 Å². The van der Waals surface area contributed by atoms with Crippen LogP contribution in [0.5, 0.6) is 0 Å². The SMILES string of the molecule is COC(=O)P(C)(=O)O. The Morgan fingerprint density at radius 2 is 2.12 bits per heavy atom. The van der Waals surface area contributed by atoms with Gasteiger partial charge in [-0.2, -0.15) is 0 Å². The van der Waals surface area contributed by atoms with E-state index < -0.39 is 13.1 Å². The highest BCUT2D eigenvalue weighted by Gasteiger charge is 2.21. The summed E-state index contributed by atoms with van der Waals surface area (Å²) in [7, 11) is -2.55. The van der Waals surface area contributed by atoms with E-state index in [4.69, 9.17) is 4.89 Å². The molecule has 1 N–H and O–H groups in total. The van der Waals surface area contributed by atoms with Crippen LogP contribution in [-0.2, 0) is 9.30 Å². The number of rotatable bonds is 1. The Hall–Kier alpha value is -0.340. The molecule has 0 amide bonds. The third kappa shape index (κ3) is 2.09. The maximum atomic E-state index is 10.2. The molecule has 0 saturated carbocycles. The first kappa shape index (κ1) is 7.66. The second kappa shape index (κ2) is 2.29. The lowest BCUT2D eigenvalue weighted by Crippen LogP contribution is -1.96. The van der Waals surface area contributed by atoms with Crippen LogP contribution >= 0.6 is 7.37 Å². The topological polar surface area (TPSA) is 63.6 Å². The van der Waals surface area contributed by atoms with E-state index in [0.29, 0.717) is 0 Å². The summed E-state index contributed by atoms with van der Waals surface area (Å²) in [5, 5.41) is 0. The van der Waals surface area contributed by atoms with E-state index in [1.54, 1.807) is 0 Å². The van der Waals surface area contributed by atoms with Crippen LogP contribution in [0.15, 0.2) is 0 Å². The maximum absolute atomic E-state index is 10.2. The summed E-state index contributed by atoms with van der Waals surface area (Å²) in [5.74, 6) is 0. The molecule has 0 aromatic heterocycles. The third-order valence-electron chi connectivity index (χ3n) is 0.513. The van der Waals surface area contributed by atoms with E-state index in [2.05, 4.69) is 4.74 Å². The molecule has 0 aliphatic carbocycles. The van der Waals surface area contributed by atoms with Crippen LogP contribution < -0.4 is 0 Å². The Morgan fingerprint density at radius 1 is 1.75 bits per heavy atom. The summed E-state index contributed by atoms with van der Waals surface area (Å²) in [5.41, 5.74) is -1.06. The van der Waals surface area contributed by atoms with Gasteiger partial charge in [0.25, 0.3) is 0 Å². The van der Waals surface area contributed by atoms with Crippen molar-refractivity contribution in [2.24, 2.45) is 0 Å². The van der Waals surface area contributed by atoms with Gasteiger partial charge in [0.05, 0.1) is 7.11 Å². The van der Waals surface area contributed by atoms with E-state index in [1.165, 1.54) is 0 Å². The fraction of sp³-hybridized carbons (Fsp3) is 0.667. The van der Waals surface area contributed by atoms with Gasteiger partial charge < -0.3 is 9.63 Å². The number of ether oxygens (including phenoxy) is 1. The molecule has 0 fully saturated rings. The molecule has 0 heterocycles. The minimum absolute atomic E-state index is 0.929. The largest absolute Gasteiger partial charge is 0.462 e. The molecule has 0 aromatic rings. The fourth-order valence-corrected chi connectivity index (χ4v) is 0.508. The minimum atomic E-state index is -3.62. The van der Waals surface area contributed by atoms with Crippen LogP contribution in [0.1, 0.15) is 0 Å². The van der Waals surface area contributed by atoms with E-state index in [-0.39, 0.29) is 0 Å². The molecule has 0 aromatic carbocycles. The van der Waals surface area contributed by atoms with Crippen LogP contribution in [0.25, 0.3) is 0 Å². The highest BCUT2D eigenvalue weighted by atomic mass is 31.2. The van der Waals surface area contributed by atoms with Gasteiger partial charge in [0, 0.05) is 6.66 Å². The molecule has 4 nitrogen and oxygen atoms in total. The van der Waals surface area contributed by atoms with Crippen LogP contribution in [0.4, 0.5) is 4.79 Å². The third-order valence-corrected chi connectivity index (χ3v) is 1.37. The zero-order chi connectivity index (χ0) is 6.78. The average Bonchev–Trinajstić information content (AvgIpc) is 1.62. The standard InChI is InChI=1S/C3H7O4P/c1-7-3(4)8(2,5)6/h1-2H3,(H,5,6). The van der Waals surface area contributed by atoms with Gasteiger partial charge in [-0.1, -0.05) is 0 Å². The number of hydrogen-bond donors (Lipinski definition) is 1. The highest BCUT2D eigenvalue weighted by molar-refractivity contribution is 7.74. The van der Waals surface area contributed by atoms with Crippen LogP contribution in [0, 0.1) is 0 Å². The molecule has 0 aliphatic rings. The molecule has 1 atom stereocenters. The number of hydrogen-bond acceptors (Lipinski definition) is 3. The minimum Gasteiger partial charge on any atom is -0.462 e. The van der Waals surface area contributed by atoms with E-state index in [0.717, 1.165) is 13.8 Å². The van der Waals surface area contributed by atoms with Crippen LogP contribution in [0.3, 0.4) is 0 Å². The average molecular weight is 138 g/mol. The smallest absolute Gasteiger partial charge is 0.390 e. The van der Waals surface area contributed by atoms with Gasteiger partial charge in [0.15, 0.2) is 0 Å². The molecule has 48 valence electrons. The zero-order valence-corrected chi connectivity index (χ0v) is 5.51. The lowest BCUT2D eigenvalue weighted by Gasteiger charge is -1.98. The predicted molar refractivity (Wildman–Crippen MR) is 28.2 cm³/mol. The molecule has 0 radical (unpaired) electrons. The summed E-state index contributed by atoms with van der Waals surface area (Å²) >= 11 is 0. The predicted octanol–water partition coefficient (Wildman–Crippen LogP) is 0.653. The summed E-state index contributed by atoms with van der Waals surface area (Å²) < 4.78 is 14.2. The number of carbonyl (C=O) groups excluding carboxylic acids is 1. The van der Waals surface area contributed by atoms with Crippen molar-refractivity contribution in [3.05, 3.63) is 0 Å². The van der Waals surface area contributed by atoms with Crippen molar-refractivity contribution in [3.8, 4) is 0 Å². The molecule has 0 aliphatic heterocycles. The Balaban J connectivity index is 4.04. The van der Waals surface area contributed by atoms with Gasteiger partial charge >= 0.3 is 13.1 Å². The van der Waals surface area contributed by atoms with Gasteiger partial charge in [-0.3, -0.25) is 4.57 Å². The molecule has 0 saturated heterocycles. The maximum Gasteiger partial charge on any atom is 0.390 e. The number of methoxy groups -OCH3 is 1. The second-order valence-electron chi connectivity index (χ2n) is 1.35. The molecule has 0 bridgehead atoms. The Labute approximate surface area is 46.9 Å². The monoisotopic (exact) mass is 138 g/mol. The first-order valence-corrected chi connectivity index (χ1v) is 3.98. The Bertz CT molecular complexity index is 134. The summed E-state index contributed by atoms with van der Waals surface area (Å²) in [6, 6.07) is 0. The van der Waals surface area contributed by atoms with Crippen LogP contribution in [-0.4, -0.2) is 24.4 Å². The molecule has 8 heavy (non-hydrogen) atoms. The summed E-state index contributed by atoms with van der Waals surface area (Å²) in [6.45, 7) is 0.929. The van der Waals surface area contributed by atoms with Gasteiger partial charge in [-0.15, -0.1) is 0 Å². The zero-order valence-electron chi connectivity index (χ0n) is 4.62. The molecule has 0 spiro atoms. The molecule has 0 rings (SSSR count). The van der Waals surface area contributed by atoms with Gasteiger partial charge in [-0.05, 0) is 0 Å². The van der Waals surface area contributed by atoms with Crippen molar-refractivity contribution < 1.29 is 19.0 Å². The van der Waals surface area contributed by atoms with Crippen molar-refractivity contribution in [3.63, 3.8) is 0 Å². The van der Waals surface area contributed by atoms with Crippen molar-refractivity contribution in [2.45, 2.75) is 0 Å². The Morgan fingerprint density at radius 3 is 2.12 bits per heavy atom. The van der Waals surface area contributed by atoms with Crippen molar-refractivity contribution in [1.82, 2.24) is 0 Å². The van der Waals surface area contributed by atoms with Crippen LogP contribution in [0.2, 0.25) is 0 Å². The fourth-order valence-electron chi connectivity index (χ4n) is 0.169. The lowest BCUT2D eigenvalue weighted by molar-refractivity contribution is 0.193. The molecule has 5 heteroatoms. The molecular weight excluding hydrogens is 131 g/mol. The van der Waals surface area contributed by atoms with Gasteiger partial charge in [-0.25, -0.2) is 4.79 Å². The Kier molecular flexibility index (Phi) is 2.19. The van der Waals surface area contributed by atoms with Gasteiger partial charge in [0.2, 0.25) is 0 Å². The summed E-state index contributed by atoms with van der Waals surface area (Å²) in [4.78, 5) is 18.5. The van der Waals surface area contributed by atoms with Crippen molar-refractivity contribution in [2.75, 3.05) is 13.8 Å².